The predicted molar refractivity (Wildman–Crippen MR) is 48.4 cm³/mol. The van der Waals surface area contributed by atoms with Gasteiger partial charge < -0.3 is 16.2 Å². The molecule has 0 aromatic carbocycles. The van der Waals surface area contributed by atoms with Crippen molar-refractivity contribution in [2.24, 2.45) is 11.5 Å². The van der Waals surface area contributed by atoms with E-state index in [4.69, 9.17) is 16.2 Å². The molecule has 0 fully saturated rings. The molecule has 0 aromatic heterocycles. The van der Waals surface area contributed by atoms with E-state index in [0.717, 1.165) is 0 Å². The van der Waals surface area contributed by atoms with Gasteiger partial charge in [0, 0.05) is 13.2 Å². The molecule has 0 aromatic rings. The first kappa shape index (κ1) is 12.8. The highest BCUT2D eigenvalue weighted by atomic mass is 32.2. The second-order valence-electron chi connectivity index (χ2n) is 2.33. The van der Waals surface area contributed by atoms with Gasteiger partial charge in [-0.2, -0.15) is 8.42 Å². The zero-order valence-corrected chi connectivity index (χ0v) is 8.42. The lowest BCUT2D eigenvalue weighted by atomic mass is 10.6. The third-order valence-electron chi connectivity index (χ3n) is 1.18. The van der Waals surface area contributed by atoms with Crippen LogP contribution in [0.1, 0.15) is 6.92 Å². The third kappa shape index (κ3) is 6.91. The molecule has 0 saturated carbocycles. The first-order valence-corrected chi connectivity index (χ1v) is 5.54. The molecule has 4 N–H and O–H groups in total. The summed E-state index contributed by atoms with van der Waals surface area (Å²) in [5, 5.41) is 0. The fourth-order valence-corrected chi connectivity index (χ4v) is 1.45. The van der Waals surface area contributed by atoms with Crippen molar-refractivity contribution in [1.82, 2.24) is 0 Å². The summed E-state index contributed by atoms with van der Waals surface area (Å²) < 4.78 is 31.4. The molecule has 0 spiro atoms. The minimum atomic E-state index is -3.60. The lowest BCUT2D eigenvalue weighted by Gasteiger charge is -2.10. The van der Waals surface area contributed by atoms with Crippen molar-refractivity contribution in [3.63, 3.8) is 0 Å². The summed E-state index contributed by atoms with van der Waals surface area (Å²) in [5.74, 6) is -0.200. The topological polar surface area (TPSA) is 105 Å². The van der Waals surface area contributed by atoms with Crippen LogP contribution in [-0.4, -0.2) is 40.2 Å². The maximum atomic E-state index is 11.0. The Morgan fingerprint density at radius 2 is 2.08 bits per heavy atom. The van der Waals surface area contributed by atoms with Gasteiger partial charge in [-0.05, 0) is 6.92 Å². The summed E-state index contributed by atoms with van der Waals surface area (Å²) in [6.45, 7) is 2.32. The van der Waals surface area contributed by atoms with Gasteiger partial charge in [0.15, 0.2) is 0 Å². The molecule has 0 aliphatic heterocycles. The van der Waals surface area contributed by atoms with E-state index in [9.17, 15) is 8.42 Å². The SMILES string of the molecule is CCOCCS(=O)(=O)OC(N)CN. The van der Waals surface area contributed by atoms with Crippen LogP contribution in [0, 0.1) is 0 Å². The van der Waals surface area contributed by atoms with Crippen molar-refractivity contribution < 1.29 is 17.3 Å². The van der Waals surface area contributed by atoms with Crippen molar-refractivity contribution >= 4 is 10.1 Å². The van der Waals surface area contributed by atoms with Crippen LogP contribution < -0.4 is 11.5 Å². The summed E-state index contributed by atoms with van der Waals surface area (Å²) in [6, 6.07) is 0. The lowest BCUT2D eigenvalue weighted by Crippen LogP contribution is -2.35. The van der Waals surface area contributed by atoms with Gasteiger partial charge in [-0.1, -0.05) is 0 Å². The van der Waals surface area contributed by atoms with Gasteiger partial charge in [-0.15, -0.1) is 0 Å². The van der Waals surface area contributed by atoms with Crippen LogP contribution in [-0.2, 0) is 19.0 Å². The molecule has 13 heavy (non-hydrogen) atoms. The molecule has 7 heteroatoms. The number of nitrogens with two attached hydrogens (primary N) is 2. The molecular formula is C6H16N2O4S. The Hall–Kier alpha value is -0.210. The van der Waals surface area contributed by atoms with Crippen molar-refractivity contribution in [1.29, 1.82) is 0 Å². The van der Waals surface area contributed by atoms with E-state index >= 15 is 0 Å². The Morgan fingerprint density at radius 3 is 2.54 bits per heavy atom. The van der Waals surface area contributed by atoms with E-state index in [-0.39, 0.29) is 18.9 Å². The molecule has 0 radical (unpaired) electrons. The van der Waals surface area contributed by atoms with Crippen molar-refractivity contribution in [3.8, 4) is 0 Å². The van der Waals surface area contributed by atoms with Gasteiger partial charge in [0.25, 0.3) is 10.1 Å². The summed E-state index contributed by atoms with van der Waals surface area (Å²) in [5.41, 5.74) is 10.3. The summed E-state index contributed by atoms with van der Waals surface area (Å²) >= 11 is 0. The third-order valence-corrected chi connectivity index (χ3v) is 2.39. The van der Waals surface area contributed by atoms with Crippen molar-refractivity contribution in [2.75, 3.05) is 25.5 Å². The van der Waals surface area contributed by atoms with Crippen molar-refractivity contribution in [2.45, 2.75) is 13.2 Å². The van der Waals surface area contributed by atoms with Crippen molar-refractivity contribution in [3.05, 3.63) is 0 Å². The van der Waals surface area contributed by atoms with E-state index in [1.165, 1.54) is 0 Å². The van der Waals surface area contributed by atoms with Crippen LogP contribution in [0.4, 0.5) is 0 Å². The molecule has 0 amide bonds. The number of rotatable bonds is 7. The normalized spacial score (nSPS) is 14.4. The minimum absolute atomic E-state index is 0.0339. The highest BCUT2D eigenvalue weighted by Gasteiger charge is 2.14. The fourth-order valence-electron chi connectivity index (χ4n) is 0.581. The van der Waals surface area contributed by atoms with Gasteiger partial charge >= 0.3 is 0 Å². The quantitative estimate of drug-likeness (QED) is 0.306. The minimum Gasteiger partial charge on any atom is -0.381 e. The van der Waals surface area contributed by atoms with Crippen LogP contribution in [0.25, 0.3) is 0 Å². The molecule has 1 unspecified atom stereocenters. The maximum Gasteiger partial charge on any atom is 0.271 e. The first-order valence-electron chi connectivity index (χ1n) is 3.96. The molecule has 1 atom stereocenters. The van der Waals surface area contributed by atoms with Crippen LogP contribution >= 0.6 is 0 Å². The average molecular weight is 212 g/mol. The standard InChI is InChI=1S/C6H16N2O4S/c1-2-11-3-4-13(9,10)12-6(8)5-7/h6H,2-5,7-8H2,1H3. The molecule has 80 valence electrons. The molecule has 0 aliphatic carbocycles. The number of ether oxygens (including phenoxy) is 1. The van der Waals surface area contributed by atoms with E-state index in [1.807, 2.05) is 0 Å². The number of hydrogen-bond donors (Lipinski definition) is 2. The van der Waals surface area contributed by atoms with Crippen LogP contribution in [0.3, 0.4) is 0 Å². The molecular weight excluding hydrogens is 196 g/mol. The zero-order chi connectivity index (χ0) is 10.3. The molecule has 0 heterocycles. The Labute approximate surface area is 78.3 Å². The smallest absolute Gasteiger partial charge is 0.271 e. The molecule has 0 aliphatic rings. The Bertz CT molecular complexity index is 217. The predicted octanol–water partition coefficient (Wildman–Crippen LogP) is -1.39. The van der Waals surface area contributed by atoms with Gasteiger partial charge in [0.05, 0.1) is 12.4 Å². The summed E-state index contributed by atoms with van der Waals surface area (Å²) in [6.07, 6.45) is -0.966. The first-order chi connectivity index (χ1) is 6.02. The highest BCUT2D eigenvalue weighted by molar-refractivity contribution is 7.86. The maximum absolute atomic E-state index is 11.0. The van der Waals surface area contributed by atoms with Gasteiger partial charge in [-0.25, -0.2) is 4.18 Å². The largest absolute Gasteiger partial charge is 0.381 e. The van der Waals surface area contributed by atoms with E-state index in [2.05, 4.69) is 4.18 Å². The molecule has 6 nitrogen and oxygen atoms in total. The Morgan fingerprint density at radius 1 is 1.46 bits per heavy atom. The van der Waals surface area contributed by atoms with Gasteiger partial charge in [-0.3, -0.25) is 0 Å². The van der Waals surface area contributed by atoms with Gasteiger partial charge in [0.2, 0.25) is 0 Å². The fraction of sp³-hybridized carbons (Fsp3) is 1.00. The Kier molecular flexibility index (Phi) is 6.17. The van der Waals surface area contributed by atoms with Crippen LogP contribution in [0.5, 0.6) is 0 Å². The summed E-state index contributed by atoms with van der Waals surface area (Å²) in [7, 11) is -3.60. The van der Waals surface area contributed by atoms with Gasteiger partial charge in [0.1, 0.15) is 6.23 Å². The Balaban J connectivity index is 3.81. The monoisotopic (exact) mass is 212 g/mol. The molecule has 0 bridgehead atoms. The van der Waals surface area contributed by atoms with Crippen LogP contribution in [0.2, 0.25) is 0 Å². The molecule has 0 rings (SSSR count). The lowest BCUT2D eigenvalue weighted by molar-refractivity contribution is 0.157. The molecule has 0 saturated heterocycles. The van der Waals surface area contributed by atoms with E-state index in [0.29, 0.717) is 6.61 Å². The summed E-state index contributed by atoms with van der Waals surface area (Å²) in [4.78, 5) is 0. The van der Waals surface area contributed by atoms with E-state index < -0.39 is 16.3 Å². The average Bonchev–Trinajstić information content (AvgIpc) is 2.03. The highest BCUT2D eigenvalue weighted by Crippen LogP contribution is 1.95. The van der Waals surface area contributed by atoms with E-state index in [1.54, 1.807) is 6.92 Å². The van der Waals surface area contributed by atoms with Crippen LogP contribution in [0.15, 0.2) is 0 Å². The second-order valence-corrected chi connectivity index (χ2v) is 4.05. The number of hydrogen-bond acceptors (Lipinski definition) is 6. The zero-order valence-electron chi connectivity index (χ0n) is 7.60. The second kappa shape index (κ2) is 6.28.